The van der Waals surface area contributed by atoms with Crippen LogP contribution >= 0.6 is 22.6 Å². The minimum absolute atomic E-state index is 0.0433. The summed E-state index contributed by atoms with van der Waals surface area (Å²) in [5.74, 6) is -0.666. The molecule has 0 N–H and O–H groups in total. The molecule has 0 saturated carbocycles. The molecule has 2 rings (SSSR count). The second-order valence-electron chi connectivity index (χ2n) is 3.70. The van der Waals surface area contributed by atoms with Gasteiger partial charge in [0.1, 0.15) is 0 Å². The van der Waals surface area contributed by atoms with Crippen LogP contribution < -0.4 is 0 Å². The molecule has 0 radical (unpaired) electrons. The van der Waals surface area contributed by atoms with E-state index in [4.69, 9.17) is 0 Å². The van der Waals surface area contributed by atoms with Gasteiger partial charge in [0, 0.05) is 5.39 Å². The summed E-state index contributed by atoms with van der Waals surface area (Å²) in [6.45, 7) is 0. The van der Waals surface area contributed by atoms with Crippen molar-refractivity contribution in [3.05, 3.63) is 33.5 Å². The van der Waals surface area contributed by atoms with E-state index in [9.17, 15) is 13.2 Å². The van der Waals surface area contributed by atoms with Crippen LogP contribution in [-0.2, 0) is 14.8 Å². The van der Waals surface area contributed by atoms with Gasteiger partial charge in [0.05, 0.1) is 22.5 Å². The maximum atomic E-state index is 11.9. The van der Waals surface area contributed by atoms with Crippen LogP contribution in [-0.4, -0.2) is 31.7 Å². The van der Waals surface area contributed by atoms with E-state index < -0.39 is 16.0 Å². The highest BCUT2D eigenvalue weighted by atomic mass is 127. The largest absolute Gasteiger partial charge is 0.464 e. The maximum Gasteiger partial charge on any atom is 0.356 e. The molecule has 2 aromatic rings. The Kier molecular flexibility index (Phi) is 3.37. The smallest absolute Gasteiger partial charge is 0.356 e. The number of ether oxygens (including phenoxy) is 1. The van der Waals surface area contributed by atoms with Gasteiger partial charge in [0.25, 0.3) is 0 Å². The van der Waals surface area contributed by atoms with Crippen LogP contribution in [0.2, 0.25) is 0 Å². The van der Waals surface area contributed by atoms with Crippen LogP contribution in [0.25, 0.3) is 10.9 Å². The number of hydrogen-bond acceptors (Lipinski definition) is 4. The van der Waals surface area contributed by atoms with Gasteiger partial charge in [0.2, 0.25) is 10.0 Å². The van der Waals surface area contributed by atoms with E-state index in [-0.39, 0.29) is 5.69 Å². The normalized spacial score (nSPS) is 11.7. The Hall–Kier alpha value is -1.09. The molecule has 1 aromatic heterocycles. The second-order valence-corrected chi connectivity index (χ2v) is 6.61. The van der Waals surface area contributed by atoms with Crippen molar-refractivity contribution in [2.24, 2.45) is 0 Å². The number of aromatic nitrogens is 1. The Bertz CT molecular complexity index is 733. The first-order chi connectivity index (χ1) is 8.38. The molecular formula is C11H10INO4S. The first kappa shape index (κ1) is 13.3. The number of fused-ring (bicyclic) bond motifs is 1. The Balaban J connectivity index is 3.00. The number of halogens is 1. The lowest BCUT2D eigenvalue weighted by Gasteiger charge is -2.06. The van der Waals surface area contributed by atoms with E-state index in [2.05, 4.69) is 4.74 Å². The third kappa shape index (κ3) is 2.01. The van der Waals surface area contributed by atoms with Crippen LogP contribution in [0.3, 0.4) is 0 Å². The Morgan fingerprint density at radius 3 is 2.50 bits per heavy atom. The van der Waals surface area contributed by atoms with Crippen LogP contribution in [0.5, 0.6) is 0 Å². The number of rotatable bonds is 2. The zero-order valence-corrected chi connectivity index (χ0v) is 12.6. The highest BCUT2D eigenvalue weighted by molar-refractivity contribution is 14.1. The maximum absolute atomic E-state index is 11.9. The van der Waals surface area contributed by atoms with Crippen LogP contribution in [0.4, 0.5) is 0 Å². The quantitative estimate of drug-likeness (QED) is 0.590. The first-order valence-electron chi connectivity index (χ1n) is 4.95. The second kappa shape index (κ2) is 4.54. The van der Waals surface area contributed by atoms with E-state index in [0.717, 1.165) is 10.2 Å². The van der Waals surface area contributed by atoms with Gasteiger partial charge in [-0.25, -0.2) is 17.2 Å². The van der Waals surface area contributed by atoms with Gasteiger partial charge in [-0.1, -0.05) is 18.2 Å². The minimum atomic E-state index is -3.58. The minimum Gasteiger partial charge on any atom is -0.464 e. The molecular weight excluding hydrogens is 369 g/mol. The summed E-state index contributed by atoms with van der Waals surface area (Å²) in [6, 6.07) is 6.94. The van der Waals surface area contributed by atoms with Gasteiger partial charge in [-0.3, -0.25) is 0 Å². The number of nitrogens with zero attached hydrogens (tertiary/aromatic N) is 1. The molecule has 7 heteroatoms. The van der Waals surface area contributed by atoms with E-state index in [0.29, 0.717) is 14.5 Å². The van der Waals surface area contributed by atoms with Crippen molar-refractivity contribution in [3.8, 4) is 0 Å². The van der Waals surface area contributed by atoms with Gasteiger partial charge >= 0.3 is 5.97 Å². The molecule has 0 fully saturated rings. The Morgan fingerprint density at radius 1 is 1.33 bits per heavy atom. The van der Waals surface area contributed by atoms with Gasteiger partial charge in [-0.2, -0.15) is 0 Å². The lowest BCUT2D eigenvalue weighted by Crippen LogP contribution is -2.18. The van der Waals surface area contributed by atoms with Crippen molar-refractivity contribution in [1.82, 2.24) is 3.97 Å². The molecule has 0 amide bonds. The molecule has 1 aromatic carbocycles. The van der Waals surface area contributed by atoms with Crippen molar-refractivity contribution >= 4 is 49.5 Å². The number of para-hydroxylation sites is 1. The lowest BCUT2D eigenvalue weighted by molar-refractivity contribution is 0.0592. The monoisotopic (exact) mass is 379 g/mol. The standard InChI is InChI=1S/C11H10INO4S/c1-17-11(14)10-9(12)7-5-3-4-6-8(7)13(10)18(2,15)16/h3-6H,1-2H3. The van der Waals surface area contributed by atoms with Gasteiger partial charge in [0.15, 0.2) is 5.69 Å². The molecule has 0 atom stereocenters. The highest BCUT2D eigenvalue weighted by Crippen LogP contribution is 2.29. The Morgan fingerprint density at radius 2 is 1.94 bits per heavy atom. The third-order valence-corrected chi connectivity index (χ3v) is 4.62. The van der Waals surface area contributed by atoms with E-state index in [1.807, 2.05) is 22.6 Å². The number of carbonyl (C=O) groups is 1. The van der Waals surface area contributed by atoms with Gasteiger partial charge in [-0.15, -0.1) is 0 Å². The van der Waals surface area contributed by atoms with E-state index >= 15 is 0 Å². The highest BCUT2D eigenvalue weighted by Gasteiger charge is 2.26. The molecule has 0 unspecified atom stereocenters. The van der Waals surface area contributed by atoms with Crippen molar-refractivity contribution < 1.29 is 17.9 Å². The van der Waals surface area contributed by atoms with E-state index in [1.54, 1.807) is 24.3 Å². The van der Waals surface area contributed by atoms with Crippen LogP contribution in [0, 0.1) is 3.57 Å². The molecule has 18 heavy (non-hydrogen) atoms. The predicted molar refractivity (Wildman–Crippen MR) is 76.2 cm³/mol. The fourth-order valence-corrected chi connectivity index (χ4v) is 3.88. The summed E-state index contributed by atoms with van der Waals surface area (Å²) in [7, 11) is -2.36. The molecule has 0 aliphatic carbocycles. The van der Waals surface area contributed by atoms with Crippen molar-refractivity contribution in [3.63, 3.8) is 0 Å². The summed E-state index contributed by atoms with van der Waals surface area (Å²) in [5, 5.41) is 0.712. The molecule has 0 aliphatic heterocycles. The topological polar surface area (TPSA) is 65.4 Å². The molecule has 0 saturated heterocycles. The molecule has 0 spiro atoms. The molecule has 0 aliphatic rings. The fraction of sp³-hybridized carbons (Fsp3) is 0.182. The molecule has 5 nitrogen and oxygen atoms in total. The summed E-state index contributed by atoms with van der Waals surface area (Å²) in [6.07, 6.45) is 1.06. The zero-order chi connectivity index (χ0) is 13.5. The molecule has 96 valence electrons. The van der Waals surface area contributed by atoms with Crippen LogP contribution in [0.15, 0.2) is 24.3 Å². The van der Waals surface area contributed by atoms with E-state index in [1.165, 1.54) is 7.11 Å². The predicted octanol–water partition coefficient (Wildman–Crippen LogP) is 1.84. The number of esters is 1. The molecule has 0 bridgehead atoms. The number of methoxy groups -OCH3 is 1. The number of hydrogen-bond donors (Lipinski definition) is 0. The summed E-state index contributed by atoms with van der Waals surface area (Å²) in [4.78, 5) is 11.8. The van der Waals surface area contributed by atoms with Crippen molar-refractivity contribution in [2.75, 3.05) is 13.4 Å². The zero-order valence-electron chi connectivity index (χ0n) is 9.68. The van der Waals surface area contributed by atoms with Crippen molar-refractivity contribution in [1.29, 1.82) is 0 Å². The van der Waals surface area contributed by atoms with Gasteiger partial charge in [-0.05, 0) is 28.7 Å². The van der Waals surface area contributed by atoms with Gasteiger partial charge < -0.3 is 4.74 Å². The Labute approximate surface area is 118 Å². The fourth-order valence-electron chi connectivity index (χ4n) is 1.79. The summed E-state index contributed by atoms with van der Waals surface area (Å²) < 4.78 is 30.0. The number of carbonyl (C=O) groups excluding carboxylic acids is 1. The SMILES string of the molecule is COC(=O)c1c(I)c2ccccc2n1S(C)(=O)=O. The average molecular weight is 379 g/mol. The third-order valence-electron chi connectivity index (χ3n) is 2.48. The van der Waals surface area contributed by atoms with Crippen molar-refractivity contribution in [2.45, 2.75) is 0 Å². The number of benzene rings is 1. The lowest BCUT2D eigenvalue weighted by atomic mass is 10.2. The van der Waals surface area contributed by atoms with Crippen LogP contribution in [0.1, 0.15) is 10.5 Å². The molecule has 1 heterocycles. The summed E-state index contributed by atoms with van der Waals surface area (Å²) >= 11 is 1.95. The average Bonchev–Trinajstić information content (AvgIpc) is 2.62. The summed E-state index contributed by atoms with van der Waals surface area (Å²) in [5.41, 5.74) is 0.520. The first-order valence-corrected chi connectivity index (χ1v) is 7.88.